The second-order valence-corrected chi connectivity index (χ2v) is 10.2. The molecule has 12 nitrogen and oxygen atoms in total. The number of aryl methyl sites for hydroxylation is 1. The van der Waals surface area contributed by atoms with E-state index in [9.17, 15) is 27.9 Å². The summed E-state index contributed by atoms with van der Waals surface area (Å²) in [5.41, 5.74) is 10.7. The average molecular weight is 577 g/mol. The first-order valence-corrected chi connectivity index (χ1v) is 12.7. The number of nitrogens with two attached hydrogens (primary N) is 2. The maximum Gasteiger partial charge on any atom is 0.429 e. The summed E-state index contributed by atoms with van der Waals surface area (Å²) in [4.78, 5) is 32.5. The van der Waals surface area contributed by atoms with Crippen molar-refractivity contribution in [3.05, 3.63) is 54.4 Å². The highest BCUT2D eigenvalue weighted by molar-refractivity contribution is 5.86. The second kappa shape index (κ2) is 11.6. The fourth-order valence-electron chi connectivity index (χ4n) is 5.04. The Labute approximate surface area is 233 Å². The van der Waals surface area contributed by atoms with Gasteiger partial charge in [0.05, 0.1) is 11.4 Å². The maximum atomic E-state index is 14.5. The molecule has 0 saturated carbocycles. The van der Waals surface area contributed by atoms with Crippen LogP contribution >= 0.6 is 0 Å². The van der Waals surface area contributed by atoms with E-state index in [0.717, 1.165) is 22.9 Å². The number of hydrogen-bond donors (Lipinski definition) is 4. The van der Waals surface area contributed by atoms with Crippen LogP contribution in [0.4, 0.5) is 24.9 Å². The van der Waals surface area contributed by atoms with Gasteiger partial charge in [-0.15, -0.1) is 0 Å². The highest BCUT2D eigenvalue weighted by Crippen LogP contribution is 2.41. The molecule has 0 radical (unpaired) electrons. The van der Waals surface area contributed by atoms with Crippen molar-refractivity contribution in [3.8, 4) is 5.88 Å². The van der Waals surface area contributed by atoms with Crippen molar-refractivity contribution < 1.29 is 32.6 Å². The number of rotatable bonds is 9. The molecule has 2 aliphatic rings. The van der Waals surface area contributed by atoms with Crippen LogP contribution in [0.5, 0.6) is 5.88 Å². The number of nitrogens with zero attached hydrogens (tertiary/aromatic N) is 5. The smallest absolute Gasteiger partial charge is 0.429 e. The number of hydrogen-bond acceptors (Lipinski definition) is 9. The average Bonchev–Trinajstić information content (AvgIpc) is 3.51. The van der Waals surface area contributed by atoms with Crippen molar-refractivity contribution in [3.63, 3.8) is 0 Å². The summed E-state index contributed by atoms with van der Waals surface area (Å²) in [6.07, 6.45) is -1.24. The van der Waals surface area contributed by atoms with Crippen molar-refractivity contribution >= 4 is 29.3 Å². The topological polar surface area (TPSA) is 175 Å². The molecule has 2 atom stereocenters. The lowest BCUT2D eigenvalue weighted by Gasteiger charge is -2.39. The predicted octanol–water partition coefficient (Wildman–Crippen LogP) is 2.05. The molecule has 1 spiro atoms. The van der Waals surface area contributed by atoms with Crippen LogP contribution in [0, 0.1) is 12.3 Å². The number of allylic oxidation sites excluding steroid dienone is 2. The number of piperidine rings is 1. The second-order valence-electron chi connectivity index (χ2n) is 10.2. The number of nitrogen functional groups attached to an aromatic ring is 1. The first kappa shape index (κ1) is 29.6. The molecule has 1 amide bonds. The van der Waals surface area contributed by atoms with Crippen molar-refractivity contribution in [2.45, 2.75) is 44.5 Å². The number of carboxylic acid groups (broad SMARTS) is 1. The van der Waals surface area contributed by atoms with E-state index in [2.05, 4.69) is 27.0 Å². The Morgan fingerprint density at radius 3 is 2.59 bits per heavy atom. The van der Waals surface area contributed by atoms with Gasteiger partial charge < -0.3 is 31.5 Å². The number of aliphatic carboxylic acids is 1. The molecule has 220 valence electrons. The van der Waals surface area contributed by atoms with Crippen molar-refractivity contribution in [2.24, 2.45) is 11.1 Å². The number of amides is 1. The van der Waals surface area contributed by atoms with Crippen LogP contribution < -0.4 is 26.4 Å². The van der Waals surface area contributed by atoms with Gasteiger partial charge in [-0.3, -0.25) is 9.59 Å². The van der Waals surface area contributed by atoms with Gasteiger partial charge in [0.2, 0.25) is 23.8 Å². The highest BCUT2D eigenvalue weighted by Gasteiger charge is 2.46. The van der Waals surface area contributed by atoms with Gasteiger partial charge in [0.25, 0.3) is 0 Å². The lowest BCUT2D eigenvalue weighted by molar-refractivity contribution is -0.182. The van der Waals surface area contributed by atoms with Gasteiger partial charge in [0, 0.05) is 43.5 Å². The molecule has 4 rings (SSSR count). The molecule has 2 saturated heterocycles. The Morgan fingerprint density at radius 1 is 1.32 bits per heavy atom. The van der Waals surface area contributed by atoms with E-state index in [0.29, 0.717) is 44.6 Å². The lowest BCUT2D eigenvalue weighted by atomic mass is 9.76. The summed E-state index contributed by atoms with van der Waals surface area (Å²) in [5.74, 6) is -2.16. The van der Waals surface area contributed by atoms with Crippen molar-refractivity contribution in [2.75, 3.05) is 30.3 Å². The molecule has 2 fully saturated rings. The Balaban J connectivity index is 1.60. The zero-order valence-electron chi connectivity index (χ0n) is 22.3. The molecule has 2 aromatic rings. The van der Waals surface area contributed by atoms with E-state index < -0.39 is 41.7 Å². The molecule has 0 unspecified atom stereocenters. The van der Waals surface area contributed by atoms with E-state index >= 15 is 0 Å². The van der Waals surface area contributed by atoms with Crippen LogP contribution in [0.2, 0.25) is 0 Å². The van der Waals surface area contributed by atoms with Crippen LogP contribution in [0.1, 0.15) is 25.0 Å². The Morgan fingerprint density at radius 2 is 2.02 bits per heavy atom. The molecular weight excluding hydrogens is 545 g/mol. The van der Waals surface area contributed by atoms with Gasteiger partial charge in [-0.05, 0) is 37.7 Å². The summed E-state index contributed by atoms with van der Waals surface area (Å²) < 4.78 is 49.9. The van der Waals surface area contributed by atoms with E-state index in [-0.39, 0.29) is 22.9 Å². The number of ether oxygens (including phenoxy) is 1. The third kappa shape index (κ3) is 7.03. The summed E-state index contributed by atoms with van der Waals surface area (Å²) in [6, 6.07) is 2.27. The van der Waals surface area contributed by atoms with Crippen LogP contribution in [-0.4, -0.2) is 74.7 Å². The predicted molar refractivity (Wildman–Crippen MR) is 144 cm³/mol. The van der Waals surface area contributed by atoms with E-state index in [1.807, 2.05) is 4.90 Å². The number of carboxylic acids is 1. The minimum Gasteiger partial charge on any atom is -0.480 e. The third-order valence-electron chi connectivity index (χ3n) is 7.20. The number of carbonyl (C=O) groups excluding carboxylic acids is 1. The monoisotopic (exact) mass is 576 g/mol. The van der Waals surface area contributed by atoms with E-state index in [1.54, 1.807) is 13.0 Å². The highest BCUT2D eigenvalue weighted by atomic mass is 19.4. The Kier molecular flexibility index (Phi) is 8.37. The molecule has 0 aromatic carbocycles. The Bertz CT molecular complexity index is 1380. The number of anilines is 2. The number of carbonyl (C=O) groups is 2. The lowest BCUT2D eigenvalue weighted by Crippen LogP contribution is -2.41. The number of halogens is 3. The van der Waals surface area contributed by atoms with Crippen LogP contribution in [0.3, 0.4) is 0 Å². The zero-order valence-corrected chi connectivity index (χ0v) is 22.3. The van der Waals surface area contributed by atoms with Crippen LogP contribution in [0.15, 0.2) is 48.7 Å². The number of aromatic nitrogens is 4. The van der Waals surface area contributed by atoms with Gasteiger partial charge in [-0.25, -0.2) is 4.68 Å². The molecule has 0 bridgehead atoms. The number of primary amides is 1. The quantitative estimate of drug-likeness (QED) is 0.255. The molecule has 15 heteroatoms. The van der Waals surface area contributed by atoms with E-state index in [4.69, 9.17) is 16.2 Å². The van der Waals surface area contributed by atoms with Gasteiger partial charge in [0.1, 0.15) is 11.9 Å². The summed E-state index contributed by atoms with van der Waals surface area (Å²) >= 11 is 0. The fraction of sp³-hybridized carbons (Fsp3) is 0.423. The summed E-state index contributed by atoms with van der Waals surface area (Å²) in [6.45, 7) is 6.99. The molecule has 2 aromatic heterocycles. The van der Waals surface area contributed by atoms with Crippen LogP contribution in [-0.2, 0) is 9.59 Å². The van der Waals surface area contributed by atoms with Gasteiger partial charge in [0.15, 0.2) is 0 Å². The summed E-state index contributed by atoms with van der Waals surface area (Å²) in [7, 11) is 0. The molecular formula is C26H31F3N8O4. The molecule has 41 heavy (non-hydrogen) atoms. The minimum atomic E-state index is -4.94. The number of nitrogens with one attached hydrogen (secondary N) is 1. The molecule has 6 N–H and O–H groups in total. The third-order valence-corrected chi connectivity index (χ3v) is 7.20. The molecule has 2 aliphatic heterocycles. The first-order chi connectivity index (χ1) is 19.3. The minimum absolute atomic E-state index is 0.150. The van der Waals surface area contributed by atoms with Crippen molar-refractivity contribution in [1.82, 2.24) is 25.1 Å². The zero-order chi connectivity index (χ0) is 29.9. The van der Waals surface area contributed by atoms with Crippen molar-refractivity contribution in [1.29, 1.82) is 0 Å². The molecule has 4 heterocycles. The normalized spacial score (nSPS) is 20.0. The van der Waals surface area contributed by atoms with Crippen LogP contribution in [0.25, 0.3) is 5.70 Å². The largest absolute Gasteiger partial charge is 0.480 e. The van der Waals surface area contributed by atoms with Gasteiger partial charge in [-0.2, -0.15) is 28.2 Å². The van der Waals surface area contributed by atoms with Gasteiger partial charge in [-0.1, -0.05) is 18.7 Å². The Hall–Kier alpha value is -4.40. The van der Waals surface area contributed by atoms with E-state index in [1.165, 1.54) is 12.3 Å². The number of alkyl halides is 3. The fourth-order valence-corrected chi connectivity index (χ4v) is 5.04. The van der Waals surface area contributed by atoms with Gasteiger partial charge >= 0.3 is 12.1 Å². The standard InChI is InChI=1S/C26H31F3N8O4/c1-15-6-9-37(35-15)16(2)17(4-3-5-19(30)38)22(26(27,28)29)41-21-12-20(33-24(31)34-21)36-10-7-25(8-11-36)13-18(23(39)40)32-14-25/h3-6,9,12,18,22,32H,2,7-8,10-11,13-14H2,1H3,(H2,30,38)(H,39,40)(H2,31,33,34)/b5-3+,17-4+/t18-,22+/m0/s1. The maximum absolute atomic E-state index is 14.5. The first-order valence-electron chi connectivity index (χ1n) is 12.7. The summed E-state index contributed by atoms with van der Waals surface area (Å²) in [5, 5.41) is 16.5. The SMILES string of the molecule is C=C(/C(=C\C=C\C(N)=O)[C@@H](Oc1cc(N2CCC3(CC2)CN[C@H](C(=O)O)C3)nc(N)n1)C(F)(F)F)n1ccc(C)n1. The molecule has 0 aliphatic carbocycles.